The number of nitrogens with zero attached hydrogens (tertiary/aromatic N) is 3. The number of rotatable bonds is 4. The number of nitro groups is 1. The second-order valence-electron chi connectivity index (χ2n) is 6.75. The zero-order valence-corrected chi connectivity index (χ0v) is 16.2. The van der Waals surface area contributed by atoms with Gasteiger partial charge in [-0.05, 0) is 30.5 Å². The van der Waals surface area contributed by atoms with Crippen molar-refractivity contribution >= 4 is 27.2 Å². The SMILES string of the molecule is Cc1ccc(-c2csc3ncn(Cc4ccc([N+](=O)[O-])cc4)c(=O)c23)c(C)c1. The molecule has 6 nitrogen and oxygen atoms in total. The van der Waals surface area contributed by atoms with Crippen LogP contribution in [0, 0.1) is 24.0 Å². The smallest absolute Gasteiger partial charge is 0.269 e. The summed E-state index contributed by atoms with van der Waals surface area (Å²) in [5.74, 6) is 0. The lowest BCUT2D eigenvalue weighted by Gasteiger charge is -2.08. The highest BCUT2D eigenvalue weighted by molar-refractivity contribution is 7.17. The van der Waals surface area contributed by atoms with E-state index in [-0.39, 0.29) is 11.2 Å². The molecule has 0 saturated heterocycles. The van der Waals surface area contributed by atoms with Crippen molar-refractivity contribution in [3.8, 4) is 11.1 Å². The second-order valence-corrected chi connectivity index (χ2v) is 7.61. The summed E-state index contributed by atoms with van der Waals surface area (Å²) in [5, 5.41) is 13.4. The van der Waals surface area contributed by atoms with Gasteiger partial charge in [-0.25, -0.2) is 4.98 Å². The van der Waals surface area contributed by atoms with Crippen molar-refractivity contribution in [3.63, 3.8) is 0 Å². The van der Waals surface area contributed by atoms with Crippen LogP contribution in [0.3, 0.4) is 0 Å². The maximum absolute atomic E-state index is 13.2. The number of hydrogen-bond donors (Lipinski definition) is 0. The van der Waals surface area contributed by atoms with E-state index in [4.69, 9.17) is 0 Å². The summed E-state index contributed by atoms with van der Waals surface area (Å²) in [6.07, 6.45) is 1.54. The van der Waals surface area contributed by atoms with Crippen LogP contribution in [0.5, 0.6) is 0 Å². The molecule has 28 heavy (non-hydrogen) atoms. The van der Waals surface area contributed by atoms with E-state index in [0.717, 1.165) is 22.3 Å². The van der Waals surface area contributed by atoms with Crippen molar-refractivity contribution < 1.29 is 4.92 Å². The van der Waals surface area contributed by atoms with Gasteiger partial charge in [0.15, 0.2) is 0 Å². The molecule has 0 fully saturated rings. The fourth-order valence-electron chi connectivity index (χ4n) is 3.31. The first-order chi connectivity index (χ1) is 13.4. The highest BCUT2D eigenvalue weighted by atomic mass is 32.1. The largest absolute Gasteiger partial charge is 0.294 e. The van der Waals surface area contributed by atoms with E-state index in [1.807, 2.05) is 31.4 Å². The Bertz CT molecular complexity index is 1260. The lowest BCUT2D eigenvalue weighted by Crippen LogP contribution is -2.21. The molecule has 2 aromatic heterocycles. The minimum Gasteiger partial charge on any atom is -0.294 e. The van der Waals surface area contributed by atoms with Crippen LogP contribution in [0.25, 0.3) is 21.3 Å². The first kappa shape index (κ1) is 18.1. The first-order valence-electron chi connectivity index (χ1n) is 8.71. The van der Waals surface area contributed by atoms with E-state index >= 15 is 0 Å². The summed E-state index contributed by atoms with van der Waals surface area (Å²) in [6, 6.07) is 12.4. The van der Waals surface area contributed by atoms with E-state index in [1.54, 1.807) is 16.7 Å². The zero-order valence-electron chi connectivity index (χ0n) is 15.4. The molecule has 140 valence electrons. The van der Waals surface area contributed by atoms with Crippen LogP contribution >= 0.6 is 11.3 Å². The maximum Gasteiger partial charge on any atom is 0.269 e. The molecule has 0 amide bonds. The van der Waals surface area contributed by atoms with Crippen molar-refractivity contribution in [2.75, 3.05) is 0 Å². The van der Waals surface area contributed by atoms with E-state index in [9.17, 15) is 14.9 Å². The Morgan fingerprint density at radius 1 is 1.11 bits per heavy atom. The van der Waals surface area contributed by atoms with Gasteiger partial charge in [0.2, 0.25) is 0 Å². The number of hydrogen-bond acceptors (Lipinski definition) is 5. The molecular formula is C21H17N3O3S. The molecule has 2 aromatic carbocycles. The van der Waals surface area contributed by atoms with E-state index in [1.165, 1.54) is 35.4 Å². The highest BCUT2D eigenvalue weighted by Gasteiger charge is 2.15. The Morgan fingerprint density at radius 3 is 2.54 bits per heavy atom. The van der Waals surface area contributed by atoms with Gasteiger partial charge in [-0.1, -0.05) is 35.9 Å². The van der Waals surface area contributed by atoms with Gasteiger partial charge in [0.05, 0.1) is 23.2 Å². The molecule has 0 aliphatic rings. The molecule has 4 aromatic rings. The van der Waals surface area contributed by atoms with Crippen molar-refractivity contribution in [3.05, 3.63) is 91.3 Å². The lowest BCUT2D eigenvalue weighted by atomic mass is 9.99. The Kier molecular flexibility index (Phi) is 4.52. The number of aryl methyl sites for hydroxylation is 2. The number of thiophene rings is 1. The summed E-state index contributed by atoms with van der Waals surface area (Å²) in [7, 11) is 0. The van der Waals surface area contributed by atoms with Crippen LogP contribution in [0.2, 0.25) is 0 Å². The van der Waals surface area contributed by atoms with E-state index < -0.39 is 4.92 Å². The van der Waals surface area contributed by atoms with Crippen molar-refractivity contribution in [2.45, 2.75) is 20.4 Å². The number of non-ortho nitro benzene ring substituents is 1. The van der Waals surface area contributed by atoms with Crippen LogP contribution in [0.15, 0.2) is 59.0 Å². The molecule has 0 aliphatic carbocycles. The molecule has 0 aliphatic heterocycles. The molecule has 0 saturated carbocycles. The number of fused-ring (bicyclic) bond motifs is 1. The van der Waals surface area contributed by atoms with Gasteiger partial charge in [-0.2, -0.15) is 0 Å². The summed E-state index contributed by atoms with van der Waals surface area (Å²) in [6.45, 7) is 4.39. The van der Waals surface area contributed by atoms with Gasteiger partial charge < -0.3 is 0 Å². The van der Waals surface area contributed by atoms with Gasteiger partial charge in [0.25, 0.3) is 11.2 Å². The van der Waals surface area contributed by atoms with Gasteiger partial charge in [0.1, 0.15) is 4.83 Å². The average molecular weight is 391 g/mol. The average Bonchev–Trinajstić information content (AvgIpc) is 3.09. The number of benzene rings is 2. The third-order valence-electron chi connectivity index (χ3n) is 4.73. The number of nitro benzene ring substituents is 1. The molecule has 0 radical (unpaired) electrons. The summed E-state index contributed by atoms with van der Waals surface area (Å²) in [4.78, 5) is 28.7. The standard InChI is InChI=1S/C21H17N3O3S/c1-13-3-8-17(14(2)9-13)18-11-28-20-19(18)21(25)23(12-22-20)10-15-4-6-16(7-5-15)24(26)27/h3-9,11-12H,10H2,1-2H3. The molecule has 4 rings (SSSR count). The minimum atomic E-state index is -0.439. The predicted molar refractivity (Wildman–Crippen MR) is 111 cm³/mol. The molecule has 0 bridgehead atoms. The zero-order chi connectivity index (χ0) is 19.8. The van der Waals surface area contributed by atoms with Gasteiger partial charge in [0, 0.05) is 23.1 Å². The van der Waals surface area contributed by atoms with Crippen LogP contribution in [0.4, 0.5) is 5.69 Å². The van der Waals surface area contributed by atoms with E-state index in [2.05, 4.69) is 11.1 Å². The van der Waals surface area contributed by atoms with Gasteiger partial charge in [-0.3, -0.25) is 19.5 Å². The molecule has 2 heterocycles. The summed E-state index contributed by atoms with van der Waals surface area (Å²) < 4.78 is 1.54. The molecular weight excluding hydrogens is 374 g/mol. The molecule has 7 heteroatoms. The summed E-state index contributed by atoms with van der Waals surface area (Å²) >= 11 is 1.46. The minimum absolute atomic E-state index is 0.0274. The Balaban J connectivity index is 1.78. The predicted octanol–water partition coefficient (Wildman–Crippen LogP) is 4.70. The molecule has 0 unspecified atom stereocenters. The van der Waals surface area contributed by atoms with Crippen LogP contribution in [0.1, 0.15) is 16.7 Å². The lowest BCUT2D eigenvalue weighted by molar-refractivity contribution is -0.384. The normalized spacial score (nSPS) is 11.1. The topological polar surface area (TPSA) is 78.0 Å². The highest BCUT2D eigenvalue weighted by Crippen LogP contribution is 2.33. The Morgan fingerprint density at radius 2 is 1.86 bits per heavy atom. The molecule has 0 spiro atoms. The van der Waals surface area contributed by atoms with Crippen molar-refractivity contribution in [1.29, 1.82) is 0 Å². The maximum atomic E-state index is 13.2. The fourth-order valence-corrected chi connectivity index (χ4v) is 4.21. The van der Waals surface area contributed by atoms with E-state index in [0.29, 0.717) is 16.8 Å². The van der Waals surface area contributed by atoms with Crippen molar-refractivity contribution in [1.82, 2.24) is 9.55 Å². The van der Waals surface area contributed by atoms with Crippen molar-refractivity contribution in [2.24, 2.45) is 0 Å². The first-order valence-corrected chi connectivity index (χ1v) is 9.59. The second kappa shape index (κ2) is 7.01. The van der Waals surface area contributed by atoms with Gasteiger partial charge in [-0.15, -0.1) is 11.3 Å². The van der Waals surface area contributed by atoms with Crippen LogP contribution in [-0.4, -0.2) is 14.5 Å². The fraction of sp³-hybridized carbons (Fsp3) is 0.143. The molecule has 0 atom stereocenters. The third-order valence-corrected chi connectivity index (χ3v) is 5.62. The molecule has 0 N–H and O–H groups in total. The monoisotopic (exact) mass is 391 g/mol. The third kappa shape index (κ3) is 3.20. The van der Waals surface area contributed by atoms with Gasteiger partial charge >= 0.3 is 0 Å². The Hall–Kier alpha value is -3.32. The van der Waals surface area contributed by atoms with Crippen LogP contribution in [-0.2, 0) is 6.54 Å². The van der Waals surface area contributed by atoms with Crippen LogP contribution < -0.4 is 5.56 Å². The quantitative estimate of drug-likeness (QED) is 0.373. The number of aromatic nitrogens is 2. The Labute approximate surface area is 164 Å². The summed E-state index contributed by atoms with van der Waals surface area (Å²) in [5.41, 5.74) is 4.94.